The number of rotatable bonds is 7. The fourth-order valence-corrected chi connectivity index (χ4v) is 3.56. The summed E-state index contributed by atoms with van der Waals surface area (Å²) in [6, 6.07) is 4.05. The van der Waals surface area contributed by atoms with Crippen molar-refractivity contribution in [2.24, 2.45) is 5.73 Å². The van der Waals surface area contributed by atoms with E-state index in [-0.39, 0.29) is 9.79 Å². The van der Waals surface area contributed by atoms with E-state index in [9.17, 15) is 16.8 Å². The maximum atomic E-state index is 11.9. The highest BCUT2D eigenvalue weighted by Gasteiger charge is 2.22. The molecule has 0 aliphatic carbocycles. The van der Waals surface area contributed by atoms with E-state index in [2.05, 4.69) is 5.32 Å². The van der Waals surface area contributed by atoms with E-state index in [1.165, 1.54) is 18.2 Å². The molecule has 6 nitrogen and oxygen atoms in total. The lowest BCUT2D eigenvalue weighted by atomic mass is 9.94. The Bertz CT molecular complexity index is 736. The maximum Gasteiger partial charge on any atom is 0.177 e. The van der Waals surface area contributed by atoms with Crippen LogP contribution < -0.4 is 11.1 Å². The Morgan fingerprint density at radius 3 is 2.00 bits per heavy atom. The van der Waals surface area contributed by atoms with Gasteiger partial charge in [-0.05, 0) is 31.0 Å². The van der Waals surface area contributed by atoms with Gasteiger partial charge in [0.2, 0.25) is 0 Å². The first kappa shape index (κ1) is 18.9. The molecule has 0 spiro atoms. The van der Waals surface area contributed by atoms with Gasteiger partial charge in [0.05, 0.1) is 15.5 Å². The second-order valence-electron chi connectivity index (χ2n) is 5.63. The monoisotopic (exact) mass is 348 g/mol. The second kappa shape index (κ2) is 6.55. The van der Waals surface area contributed by atoms with Gasteiger partial charge in [-0.25, -0.2) is 16.8 Å². The van der Waals surface area contributed by atoms with Crippen LogP contribution in [0.1, 0.15) is 26.7 Å². The second-order valence-corrected chi connectivity index (χ2v) is 9.63. The largest absolute Gasteiger partial charge is 0.382 e. The minimum Gasteiger partial charge on any atom is -0.382 e. The van der Waals surface area contributed by atoms with E-state index in [0.717, 1.165) is 25.4 Å². The molecule has 8 heteroatoms. The molecule has 0 radical (unpaired) electrons. The molecule has 1 rings (SSSR count). The zero-order valence-corrected chi connectivity index (χ0v) is 15.0. The van der Waals surface area contributed by atoms with Gasteiger partial charge in [0, 0.05) is 24.6 Å². The first-order chi connectivity index (χ1) is 9.93. The number of nitrogens with one attached hydrogen (secondary N) is 1. The minimum atomic E-state index is -3.57. The summed E-state index contributed by atoms with van der Waals surface area (Å²) >= 11 is 0. The molecule has 0 aliphatic rings. The average molecular weight is 348 g/mol. The van der Waals surface area contributed by atoms with Crippen LogP contribution >= 0.6 is 0 Å². The third kappa shape index (κ3) is 4.69. The van der Waals surface area contributed by atoms with E-state index >= 15 is 0 Å². The Labute approximate surface area is 132 Å². The molecule has 1 aromatic carbocycles. The predicted molar refractivity (Wildman–Crippen MR) is 88.7 cm³/mol. The van der Waals surface area contributed by atoms with Crippen molar-refractivity contribution in [2.75, 3.05) is 24.4 Å². The molecule has 0 atom stereocenters. The molecule has 3 N–H and O–H groups in total. The van der Waals surface area contributed by atoms with Crippen LogP contribution in [-0.2, 0) is 19.7 Å². The molecule has 0 heterocycles. The zero-order chi connectivity index (χ0) is 17.2. The van der Waals surface area contributed by atoms with Crippen molar-refractivity contribution in [3.63, 3.8) is 0 Å². The van der Waals surface area contributed by atoms with Crippen LogP contribution in [0, 0.1) is 0 Å². The Morgan fingerprint density at radius 2 is 1.59 bits per heavy atom. The average Bonchev–Trinajstić information content (AvgIpc) is 2.42. The summed E-state index contributed by atoms with van der Waals surface area (Å²) < 4.78 is 47.1. The Balaban J connectivity index is 3.26. The minimum absolute atomic E-state index is 0.0246. The number of anilines is 1. The number of benzene rings is 1. The van der Waals surface area contributed by atoms with Gasteiger partial charge in [-0.1, -0.05) is 13.8 Å². The van der Waals surface area contributed by atoms with E-state index in [0.29, 0.717) is 12.2 Å². The molecule has 22 heavy (non-hydrogen) atoms. The molecule has 0 aromatic heterocycles. The van der Waals surface area contributed by atoms with Crippen molar-refractivity contribution in [3.05, 3.63) is 18.2 Å². The smallest absolute Gasteiger partial charge is 0.177 e. The molecule has 0 bridgehead atoms. The Kier molecular flexibility index (Phi) is 5.64. The van der Waals surface area contributed by atoms with E-state index in [1.807, 2.05) is 13.8 Å². The number of hydrogen-bond acceptors (Lipinski definition) is 6. The van der Waals surface area contributed by atoms with E-state index in [1.54, 1.807) is 0 Å². The van der Waals surface area contributed by atoms with Crippen LogP contribution in [0.3, 0.4) is 0 Å². The van der Waals surface area contributed by atoms with Gasteiger partial charge < -0.3 is 11.1 Å². The summed E-state index contributed by atoms with van der Waals surface area (Å²) in [6.45, 7) is 4.34. The van der Waals surface area contributed by atoms with Crippen LogP contribution in [-0.4, -0.2) is 41.4 Å². The van der Waals surface area contributed by atoms with E-state index < -0.39 is 25.2 Å². The summed E-state index contributed by atoms with van der Waals surface area (Å²) in [5, 5.41) is 3.04. The number of nitrogens with two attached hydrogens (primary N) is 1. The van der Waals surface area contributed by atoms with Crippen molar-refractivity contribution in [1.29, 1.82) is 0 Å². The van der Waals surface area contributed by atoms with Gasteiger partial charge >= 0.3 is 0 Å². The highest BCUT2D eigenvalue weighted by atomic mass is 32.2. The molecular formula is C14H24N2O4S2. The molecule has 1 aromatic rings. The summed E-state index contributed by atoms with van der Waals surface area (Å²) in [5.41, 5.74) is 6.12. The van der Waals surface area contributed by atoms with E-state index in [4.69, 9.17) is 5.73 Å². The van der Waals surface area contributed by atoms with Gasteiger partial charge in [-0.3, -0.25) is 0 Å². The Hall–Kier alpha value is -1.12. The van der Waals surface area contributed by atoms with Crippen molar-refractivity contribution in [2.45, 2.75) is 42.0 Å². The van der Waals surface area contributed by atoms with Crippen LogP contribution in [0.2, 0.25) is 0 Å². The lowest BCUT2D eigenvalue weighted by Gasteiger charge is -2.28. The normalized spacial score (nSPS) is 13.1. The summed E-state index contributed by atoms with van der Waals surface area (Å²) in [5.74, 6) is 0. The maximum absolute atomic E-state index is 11.9. The van der Waals surface area contributed by atoms with Crippen LogP contribution in [0.15, 0.2) is 28.0 Å². The van der Waals surface area contributed by atoms with Gasteiger partial charge in [-0.2, -0.15) is 0 Å². The third-order valence-electron chi connectivity index (χ3n) is 3.82. The molecule has 0 aliphatic heterocycles. The number of hydrogen-bond donors (Lipinski definition) is 2. The molecule has 0 unspecified atom stereocenters. The summed E-state index contributed by atoms with van der Waals surface area (Å²) in [4.78, 5) is -0.0616. The lowest BCUT2D eigenvalue weighted by molar-refractivity contribution is 0.418. The Morgan fingerprint density at radius 1 is 1.05 bits per heavy atom. The highest BCUT2D eigenvalue weighted by molar-refractivity contribution is 7.91. The predicted octanol–water partition coefficient (Wildman–Crippen LogP) is 1.42. The van der Waals surface area contributed by atoms with Crippen molar-refractivity contribution >= 4 is 25.4 Å². The molecule has 0 saturated heterocycles. The quantitative estimate of drug-likeness (QED) is 0.772. The highest BCUT2D eigenvalue weighted by Crippen LogP contribution is 2.26. The fourth-order valence-electron chi connectivity index (χ4n) is 1.96. The topological polar surface area (TPSA) is 106 Å². The van der Waals surface area contributed by atoms with Crippen molar-refractivity contribution < 1.29 is 16.8 Å². The molecule has 126 valence electrons. The first-order valence-corrected chi connectivity index (χ1v) is 10.8. The van der Waals surface area contributed by atoms with Crippen LogP contribution in [0.5, 0.6) is 0 Å². The van der Waals surface area contributed by atoms with Crippen LogP contribution in [0.25, 0.3) is 0 Å². The van der Waals surface area contributed by atoms with Gasteiger partial charge in [0.1, 0.15) is 0 Å². The first-order valence-electron chi connectivity index (χ1n) is 7.00. The number of sulfone groups is 2. The summed E-state index contributed by atoms with van der Waals surface area (Å²) in [6.07, 6.45) is 3.58. The van der Waals surface area contributed by atoms with Gasteiger partial charge in [-0.15, -0.1) is 0 Å². The molecular weight excluding hydrogens is 324 g/mol. The van der Waals surface area contributed by atoms with Crippen molar-refractivity contribution in [3.8, 4) is 0 Å². The van der Waals surface area contributed by atoms with Crippen LogP contribution in [0.4, 0.5) is 5.69 Å². The van der Waals surface area contributed by atoms with Gasteiger partial charge in [0.15, 0.2) is 19.7 Å². The van der Waals surface area contributed by atoms with Gasteiger partial charge in [0.25, 0.3) is 0 Å². The standard InChI is InChI=1S/C14H24N2O4S2/c1-5-14(15,6-2)10-16-12-8-7-11(21(3,17)18)9-13(12)22(4,19)20/h7-9,16H,5-6,10,15H2,1-4H3. The molecule has 0 saturated carbocycles. The third-order valence-corrected chi connectivity index (χ3v) is 6.07. The zero-order valence-electron chi connectivity index (χ0n) is 13.4. The lowest BCUT2D eigenvalue weighted by Crippen LogP contribution is -2.45. The fraction of sp³-hybridized carbons (Fsp3) is 0.571. The summed E-state index contributed by atoms with van der Waals surface area (Å²) in [7, 11) is -7.04. The molecule has 0 amide bonds. The molecule has 0 fully saturated rings. The van der Waals surface area contributed by atoms with Crippen molar-refractivity contribution in [1.82, 2.24) is 0 Å². The SMILES string of the molecule is CCC(N)(CC)CNc1ccc(S(C)(=O)=O)cc1S(C)(=O)=O.